The van der Waals surface area contributed by atoms with E-state index in [4.69, 9.17) is 21.7 Å². The first-order valence-electron chi connectivity index (χ1n) is 8.35. The van der Waals surface area contributed by atoms with Crippen molar-refractivity contribution in [3.05, 3.63) is 53.1 Å². The van der Waals surface area contributed by atoms with Gasteiger partial charge in [-0.1, -0.05) is 30.7 Å². The maximum absolute atomic E-state index is 5.51. The summed E-state index contributed by atoms with van der Waals surface area (Å²) >= 11 is 5.51. The van der Waals surface area contributed by atoms with Crippen molar-refractivity contribution in [3.63, 3.8) is 0 Å². The van der Waals surface area contributed by atoms with Crippen molar-refractivity contribution in [2.45, 2.75) is 33.2 Å². The lowest BCUT2D eigenvalue weighted by Gasteiger charge is -2.22. The monoisotopic (exact) mass is 358 g/mol. The predicted molar refractivity (Wildman–Crippen MR) is 108 cm³/mol. The van der Waals surface area contributed by atoms with E-state index in [9.17, 15) is 0 Å². The molecule has 0 aliphatic rings. The number of rotatable bonds is 6. The Morgan fingerprint density at radius 1 is 1.08 bits per heavy atom. The summed E-state index contributed by atoms with van der Waals surface area (Å²) in [6.07, 6.45) is 0.936. The van der Waals surface area contributed by atoms with Gasteiger partial charge in [-0.2, -0.15) is 0 Å². The summed E-state index contributed by atoms with van der Waals surface area (Å²) in [7, 11) is 3.25. The number of nitrogens with one attached hydrogen (secondary N) is 2. The summed E-state index contributed by atoms with van der Waals surface area (Å²) in [5.41, 5.74) is 4.60. The Hall–Kier alpha value is -2.27. The normalized spacial score (nSPS) is 11.6. The van der Waals surface area contributed by atoms with Crippen LogP contribution < -0.4 is 20.1 Å². The predicted octanol–water partition coefficient (Wildman–Crippen LogP) is 4.76. The Balaban J connectivity index is 2.12. The fourth-order valence-corrected chi connectivity index (χ4v) is 3.09. The highest BCUT2D eigenvalue weighted by molar-refractivity contribution is 7.80. The van der Waals surface area contributed by atoms with Gasteiger partial charge < -0.3 is 20.1 Å². The van der Waals surface area contributed by atoms with Crippen molar-refractivity contribution in [2.75, 3.05) is 19.5 Å². The Morgan fingerprint density at radius 3 is 2.44 bits per heavy atom. The van der Waals surface area contributed by atoms with Gasteiger partial charge in [0.2, 0.25) is 0 Å². The molecular weight excluding hydrogens is 332 g/mol. The van der Waals surface area contributed by atoms with Crippen LogP contribution in [0.15, 0.2) is 36.4 Å². The number of hydrogen-bond acceptors (Lipinski definition) is 3. The second kappa shape index (κ2) is 8.72. The van der Waals surface area contributed by atoms with E-state index in [1.54, 1.807) is 14.2 Å². The van der Waals surface area contributed by atoms with Crippen molar-refractivity contribution in [2.24, 2.45) is 0 Å². The fourth-order valence-electron chi connectivity index (χ4n) is 2.83. The van der Waals surface area contributed by atoms with E-state index in [2.05, 4.69) is 49.6 Å². The molecule has 0 amide bonds. The summed E-state index contributed by atoms with van der Waals surface area (Å²) in [4.78, 5) is 0. The third-order valence-electron chi connectivity index (χ3n) is 4.17. The van der Waals surface area contributed by atoms with Gasteiger partial charge in [0.15, 0.2) is 5.11 Å². The molecule has 4 nitrogen and oxygen atoms in total. The topological polar surface area (TPSA) is 42.5 Å². The van der Waals surface area contributed by atoms with Crippen LogP contribution in [0, 0.1) is 13.8 Å². The van der Waals surface area contributed by atoms with Gasteiger partial charge in [-0.05, 0) is 55.7 Å². The molecule has 25 heavy (non-hydrogen) atoms. The number of hydrogen-bond donors (Lipinski definition) is 2. The molecule has 0 saturated carbocycles. The lowest BCUT2D eigenvalue weighted by Crippen LogP contribution is -2.32. The van der Waals surface area contributed by atoms with E-state index in [-0.39, 0.29) is 6.04 Å². The first-order chi connectivity index (χ1) is 12.0. The lowest BCUT2D eigenvalue weighted by atomic mass is 9.98. The smallest absolute Gasteiger partial charge is 0.171 e. The number of aryl methyl sites for hydroxylation is 2. The molecule has 0 heterocycles. The molecule has 1 atom stereocenters. The second-order valence-electron chi connectivity index (χ2n) is 5.99. The molecule has 0 spiro atoms. The SMILES string of the molecule is CC[C@H](NC(=S)Nc1ccc(OC)cc1OC)c1ccc(C)cc1C. The molecule has 0 aliphatic heterocycles. The zero-order valence-electron chi connectivity index (χ0n) is 15.5. The first kappa shape index (κ1) is 19.1. The highest BCUT2D eigenvalue weighted by Gasteiger charge is 2.14. The number of ether oxygens (including phenoxy) is 2. The molecule has 0 bridgehead atoms. The van der Waals surface area contributed by atoms with Crippen LogP contribution in [-0.2, 0) is 0 Å². The van der Waals surface area contributed by atoms with Gasteiger partial charge in [-0.3, -0.25) is 0 Å². The third-order valence-corrected chi connectivity index (χ3v) is 4.39. The average Bonchev–Trinajstić information content (AvgIpc) is 2.60. The van der Waals surface area contributed by atoms with E-state index in [1.165, 1.54) is 16.7 Å². The second-order valence-corrected chi connectivity index (χ2v) is 6.39. The van der Waals surface area contributed by atoms with Crippen molar-refractivity contribution in [1.29, 1.82) is 0 Å². The number of methoxy groups -OCH3 is 2. The minimum absolute atomic E-state index is 0.157. The van der Waals surface area contributed by atoms with Crippen molar-refractivity contribution >= 4 is 23.0 Å². The largest absolute Gasteiger partial charge is 0.497 e. The molecule has 5 heteroatoms. The average molecular weight is 359 g/mol. The van der Waals surface area contributed by atoms with Crippen LogP contribution in [0.25, 0.3) is 0 Å². The van der Waals surface area contributed by atoms with Gasteiger partial charge in [0.25, 0.3) is 0 Å². The van der Waals surface area contributed by atoms with Crippen molar-refractivity contribution < 1.29 is 9.47 Å². The van der Waals surface area contributed by atoms with Crippen molar-refractivity contribution in [3.8, 4) is 11.5 Å². The van der Waals surface area contributed by atoms with Crippen LogP contribution in [0.1, 0.15) is 36.1 Å². The molecule has 134 valence electrons. The van der Waals surface area contributed by atoms with E-state index < -0.39 is 0 Å². The van der Waals surface area contributed by atoms with Crippen LogP contribution >= 0.6 is 12.2 Å². The van der Waals surface area contributed by atoms with Crippen molar-refractivity contribution in [1.82, 2.24) is 5.32 Å². The molecule has 2 N–H and O–H groups in total. The van der Waals surface area contributed by atoms with Gasteiger partial charge in [0, 0.05) is 6.07 Å². The molecular formula is C20H26N2O2S. The molecule has 0 radical (unpaired) electrons. The Bertz CT molecular complexity index is 746. The Morgan fingerprint density at radius 2 is 1.84 bits per heavy atom. The number of anilines is 1. The maximum atomic E-state index is 5.51. The number of thiocarbonyl (C=S) groups is 1. The van der Waals surface area contributed by atoms with Gasteiger partial charge in [-0.25, -0.2) is 0 Å². The Kier molecular flexibility index (Phi) is 6.65. The van der Waals surface area contributed by atoms with E-state index >= 15 is 0 Å². The summed E-state index contributed by atoms with van der Waals surface area (Å²) in [6, 6.07) is 12.2. The molecule has 2 rings (SSSR count). The summed E-state index contributed by atoms with van der Waals surface area (Å²) in [5, 5.41) is 7.19. The van der Waals surface area contributed by atoms with Crippen LogP contribution in [0.4, 0.5) is 5.69 Å². The van der Waals surface area contributed by atoms with E-state index in [1.807, 2.05) is 18.2 Å². The number of benzene rings is 2. The fraction of sp³-hybridized carbons (Fsp3) is 0.350. The van der Waals surface area contributed by atoms with E-state index in [0.717, 1.165) is 17.9 Å². The van der Waals surface area contributed by atoms with Gasteiger partial charge in [0.1, 0.15) is 11.5 Å². The van der Waals surface area contributed by atoms with Gasteiger partial charge >= 0.3 is 0 Å². The van der Waals surface area contributed by atoms with Crippen LogP contribution in [0.2, 0.25) is 0 Å². The molecule has 0 fully saturated rings. The Labute approximate surface area is 155 Å². The minimum Gasteiger partial charge on any atom is -0.497 e. The highest BCUT2D eigenvalue weighted by Crippen LogP contribution is 2.29. The zero-order chi connectivity index (χ0) is 18.4. The quantitative estimate of drug-likeness (QED) is 0.729. The molecule has 2 aromatic carbocycles. The summed E-state index contributed by atoms with van der Waals surface area (Å²) in [6.45, 7) is 6.39. The van der Waals surface area contributed by atoms with Crippen LogP contribution in [-0.4, -0.2) is 19.3 Å². The molecule has 0 unspecified atom stereocenters. The highest BCUT2D eigenvalue weighted by atomic mass is 32.1. The van der Waals surface area contributed by atoms with Gasteiger partial charge in [0.05, 0.1) is 25.9 Å². The molecule has 0 aliphatic carbocycles. The molecule has 0 saturated heterocycles. The maximum Gasteiger partial charge on any atom is 0.171 e. The minimum atomic E-state index is 0.157. The lowest BCUT2D eigenvalue weighted by molar-refractivity contribution is 0.395. The summed E-state index contributed by atoms with van der Waals surface area (Å²) < 4.78 is 10.6. The molecule has 0 aromatic heterocycles. The molecule has 2 aromatic rings. The zero-order valence-corrected chi connectivity index (χ0v) is 16.3. The standard InChI is InChI=1S/C20H26N2O2S/c1-6-17(16-9-7-13(2)11-14(16)3)21-20(25)22-18-10-8-15(23-4)12-19(18)24-5/h7-12,17H,6H2,1-5H3,(H2,21,22,25)/t17-/m0/s1. The van der Waals surface area contributed by atoms with E-state index in [0.29, 0.717) is 10.9 Å². The van der Waals surface area contributed by atoms with Gasteiger partial charge in [-0.15, -0.1) is 0 Å². The third kappa shape index (κ3) is 4.86. The summed E-state index contributed by atoms with van der Waals surface area (Å²) in [5.74, 6) is 1.42. The van der Waals surface area contributed by atoms with Crippen LogP contribution in [0.3, 0.4) is 0 Å². The first-order valence-corrected chi connectivity index (χ1v) is 8.76. The van der Waals surface area contributed by atoms with Crippen LogP contribution in [0.5, 0.6) is 11.5 Å².